The van der Waals surface area contributed by atoms with Crippen LogP contribution < -0.4 is 0 Å². The zero-order valence-corrected chi connectivity index (χ0v) is 11.8. The van der Waals surface area contributed by atoms with E-state index >= 15 is 0 Å². The highest BCUT2D eigenvalue weighted by molar-refractivity contribution is 5.24. The molecule has 1 heterocycles. The van der Waals surface area contributed by atoms with Crippen LogP contribution >= 0.6 is 0 Å². The predicted octanol–water partition coefficient (Wildman–Crippen LogP) is 4.47. The number of benzene rings is 2. The summed E-state index contributed by atoms with van der Waals surface area (Å²) in [5, 5.41) is 0. The summed E-state index contributed by atoms with van der Waals surface area (Å²) in [5.41, 5.74) is 3.74. The number of hydrogen-bond donors (Lipinski definition) is 0. The Labute approximate surface area is 120 Å². The fraction of sp³-hybridized carbons (Fsp3) is 0.333. The van der Waals surface area contributed by atoms with Crippen molar-refractivity contribution in [1.82, 2.24) is 4.90 Å². The highest BCUT2D eigenvalue weighted by Gasteiger charge is 2.26. The molecule has 1 aliphatic rings. The normalized spacial score (nSPS) is 19.4. The summed E-state index contributed by atoms with van der Waals surface area (Å²) in [5.74, 6) is -0.134. The number of rotatable bonds is 3. The third-order valence-corrected chi connectivity index (χ3v) is 4.07. The van der Waals surface area contributed by atoms with Crippen molar-refractivity contribution in [2.45, 2.75) is 32.4 Å². The molecule has 0 saturated carbocycles. The molecule has 0 aromatic heterocycles. The quantitative estimate of drug-likeness (QED) is 0.794. The van der Waals surface area contributed by atoms with Gasteiger partial charge in [-0.3, -0.25) is 4.90 Å². The number of nitrogens with zero attached hydrogens (tertiary/aromatic N) is 1. The molecule has 1 nitrogen and oxygen atoms in total. The molecule has 3 rings (SSSR count). The number of aryl methyl sites for hydroxylation is 1. The molecule has 0 unspecified atom stereocenters. The number of halogens is 1. The lowest BCUT2D eigenvalue weighted by atomic mass is 10.0. The Bertz CT molecular complexity index is 593. The first-order valence-corrected chi connectivity index (χ1v) is 7.27. The average Bonchev–Trinajstić information content (AvgIpc) is 2.87. The van der Waals surface area contributed by atoms with Gasteiger partial charge in [-0.25, -0.2) is 4.39 Å². The second-order valence-electron chi connectivity index (χ2n) is 5.67. The zero-order valence-electron chi connectivity index (χ0n) is 11.8. The molecule has 0 bridgehead atoms. The van der Waals surface area contributed by atoms with Crippen LogP contribution in [-0.4, -0.2) is 11.4 Å². The highest BCUT2D eigenvalue weighted by Crippen LogP contribution is 2.33. The number of hydrogen-bond acceptors (Lipinski definition) is 1. The molecule has 2 heteroatoms. The van der Waals surface area contributed by atoms with Crippen LogP contribution in [0.4, 0.5) is 4.39 Å². The summed E-state index contributed by atoms with van der Waals surface area (Å²) in [6, 6.07) is 16.1. The van der Waals surface area contributed by atoms with E-state index in [-0.39, 0.29) is 5.82 Å². The molecule has 104 valence electrons. The monoisotopic (exact) mass is 269 g/mol. The van der Waals surface area contributed by atoms with E-state index in [1.54, 1.807) is 6.07 Å². The zero-order chi connectivity index (χ0) is 13.9. The Hall–Kier alpha value is -1.67. The van der Waals surface area contributed by atoms with E-state index in [1.165, 1.54) is 23.6 Å². The smallest absolute Gasteiger partial charge is 0.123 e. The molecule has 1 saturated heterocycles. The minimum absolute atomic E-state index is 0.134. The first-order chi connectivity index (χ1) is 9.72. The second kappa shape index (κ2) is 5.76. The van der Waals surface area contributed by atoms with Gasteiger partial charge in [0.1, 0.15) is 5.82 Å². The molecule has 0 radical (unpaired) electrons. The van der Waals surface area contributed by atoms with Crippen LogP contribution in [0.25, 0.3) is 0 Å². The summed E-state index contributed by atoms with van der Waals surface area (Å²) < 4.78 is 13.4. The van der Waals surface area contributed by atoms with E-state index in [4.69, 9.17) is 0 Å². The third kappa shape index (κ3) is 2.91. The number of likely N-dealkylation sites (tertiary alicyclic amines) is 1. The van der Waals surface area contributed by atoms with Gasteiger partial charge in [-0.15, -0.1) is 0 Å². The standard InChI is InChI=1S/C18H20FN/c1-14-5-2-6-15(11-14)13-20-10-4-9-18(20)16-7-3-8-17(19)12-16/h2-3,5-8,11-12,18H,4,9-10,13H2,1H3/t18-/m0/s1. The fourth-order valence-corrected chi connectivity index (χ4v) is 3.15. The van der Waals surface area contributed by atoms with E-state index in [1.807, 2.05) is 12.1 Å². The molecule has 1 atom stereocenters. The van der Waals surface area contributed by atoms with Gasteiger partial charge < -0.3 is 0 Å². The van der Waals surface area contributed by atoms with Crippen molar-refractivity contribution < 1.29 is 4.39 Å². The van der Waals surface area contributed by atoms with Gasteiger partial charge in [0.15, 0.2) is 0 Å². The Balaban J connectivity index is 1.79. The van der Waals surface area contributed by atoms with Crippen molar-refractivity contribution in [3.8, 4) is 0 Å². The molecule has 0 amide bonds. The van der Waals surface area contributed by atoms with Gasteiger partial charge in [-0.2, -0.15) is 0 Å². The van der Waals surface area contributed by atoms with Crippen LogP contribution in [0.3, 0.4) is 0 Å². The third-order valence-electron chi connectivity index (χ3n) is 4.07. The maximum atomic E-state index is 13.4. The molecular weight excluding hydrogens is 249 g/mol. The highest BCUT2D eigenvalue weighted by atomic mass is 19.1. The maximum absolute atomic E-state index is 13.4. The van der Waals surface area contributed by atoms with E-state index in [0.29, 0.717) is 6.04 Å². The minimum Gasteiger partial charge on any atom is -0.292 e. The van der Waals surface area contributed by atoms with Gasteiger partial charge >= 0.3 is 0 Å². The predicted molar refractivity (Wildman–Crippen MR) is 80.0 cm³/mol. The Morgan fingerprint density at radius 3 is 2.80 bits per heavy atom. The van der Waals surface area contributed by atoms with Crippen LogP contribution in [0.5, 0.6) is 0 Å². The lowest BCUT2D eigenvalue weighted by Gasteiger charge is -2.25. The molecule has 20 heavy (non-hydrogen) atoms. The van der Waals surface area contributed by atoms with Gasteiger partial charge in [0, 0.05) is 12.6 Å². The van der Waals surface area contributed by atoms with Crippen molar-refractivity contribution >= 4 is 0 Å². The van der Waals surface area contributed by atoms with Crippen LogP contribution in [0.15, 0.2) is 48.5 Å². The first-order valence-electron chi connectivity index (χ1n) is 7.27. The van der Waals surface area contributed by atoms with Gasteiger partial charge in [0.25, 0.3) is 0 Å². The fourth-order valence-electron chi connectivity index (χ4n) is 3.15. The molecule has 0 spiro atoms. The summed E-state index contributed by atoms with van der Waals surface area (Å²) in [7, 11) is 0. The molecule has 1 fully saturated rings. The largest absolute Gasteiger partial charge is 0.292 e. The van der Waals surface area contributed by atoms with E-state index in [2.05, 4.69) is 36.1 Å². The summed E-state index contributed by atoms with van der Waals surface area (Å²) in [6.07, 6.45) is 2.31. The Morgan fingerprint density at radius 1 is 1.15 bits per heavy atom. The van der Waals surface area contributed by atoms with Gasteiger partial charge in [-0.05, 0) is 49.6 Å². The first kappa shape index (κ1) is 13.3. The minimum atomic E-state index is -0.134. The van der Waals surface area contributed by atoms with Gasteiger partial charge in [0.05, 0.1) is 0 Å². The van der Waals surface area contributed by atoms with Crippen LogP contribution in [0, 0.1) is 12.7 Å². The average molecular weight is 269 g/mol. The lowest BCUT2D eigenvalue weighted by molar-refractivity contribution is 0.248. The van der Waals surface area contributed by atoms with Crippen LogP contribution in [0.2, 0.25) is 0 Å². The van der Waals surface area contributed by atoms with Crippen molar-refractivity contribution in [2.75, 3.05) is 6.54 Å². The molecule has 0 N–H and O–H groups in total. The van der Waals surface area contributed by atoms with Crippen LogP contribution in [-0.2, 0) is 6.54 Å². The Kier molecular flexibility index (Phi) is 3.83. The SMILES string of the molecule is Cc1cccc(CN2CCC[C@H]2c2cccc(F)c2)c1. The summed E-state index contributed by atoms with van der Waals surface area (Å²) in [4.78, 5) is 2.46. The summed E-state index contributed by atoms with van der Waals surface area (Å²) >= 11 is 0. The molecular formula is C18H20FN. The Morgan fingerprint density at radius 2 is 2.00 bits per heavy atom. The van der Waals surface area contributed by atoms with E-state index in [0.717, 1.165) is 25.1 Å². The maximum Gasteiger partial charge on any atom is 0.123 e. The topological polar surface area (TPSA) is 3.24 Å². The van der Waals surface area contributed by atoms with Gasteiger partial charge in [0.2, 0.25) is 0 Å². The van der Waals surface area contributed by atoms with Crippen molar-refractivity contribution in [3.63, 3.8) is 0 Å². The van der Waals surface area contributed by atoms with Crippen molar-refractivity contribution in [3.05, 3.63) is 71.0 Å². The van der Waals surface area contributed by atoms with E-state index in [9.17, 15) is 4.39 Å². The second-order valence-corrected chi connectivity index (χ2v) is 5.67. The van der Waals surface area contributed by atoms with Crippen LogP contribution in [0.1, 0.15) is 35.6 Å². The summed E-state index contributed by atoms with van der Waals surface area (Å²) in [6.45, 7) is 4.16. The molecule has 1 aliphatic heterocycles. The van der Waals surface area contributed by atoms with Crippen molar-refractivity contribution in [1.29, 1.82) is 0 Å². The van der Waals surface area contributed by atoms with Crippen molar-refractivity contribution in [2.24, 2.45) is 0 Å². The molecule has 2 aromatic carbocycles. The molecule has 0 aliphatic carbocycles. The van der Waals surface area contributed by atoms with E-state index < -0.39 is 0 Å². The van der Waals surface area contributed by atoms with Gasteiger partial charge in [-0.1, -0.05) is 42.0 Å². The molecule has 2 aromatic rings. The lowest BCUT2D eigenvalue weighted by Crippen LogP contribution is -2.22.